The average Bonchev–Trinajstić information content (AvgIpc) is 3.38. The van der Waals surface area contributed by atoms with E-state index in [2.05, 4.69) is 28.6 Å². The van der Waals surface area contributed by atoms with Crippen molar-refractivity contribution in [2.24, 2.45) is 0 Å². The topological polar surface area (TPSA) is 56.2 Å². The molecule has 0 unspecified atom stereocenters. The summed E-state index contributed by atoms with van der Waals surface area (Å²) in [6.45, 7) is 1.64. The molecule has 0 aliphatic heterocycles. The molecule has 2 aromatic heterocycles. The van der Waals surface area contributed by atoms with Crippen molar-refractivity contribution in [2.75, 3.05) is 6.54 Å². The first-order valence-electron chi connectivity index (χ1n) is 8.72. The summed E-state index contributed by atoms with van der Waals surface area (Å²) < 4.78 is 7.68. The highest BCUT2D eigenvalue weighted by molar-refractivity contribution is 7.12. The molecule has 0 aliphatic rings. The van der Waals surface area contributed by atoms with Crippen LogP contribution in [0.2, 0.25) is 0 Å². The van der Waals surface area contributed by atoms with Crippen LogP contribution in [0.1, 0.15) is 15.2 Å². The first kappa shape index (κ1) is 17.3. The Balaban J connectivity index is 1.31. The van der Waals surface area contributed by atoms with Crippen LogP contribution < -0.4 is 10.1 Å². The van der Waals surface area contributed by atoms with Crippen LogP contribution in [0, 0.1) is 0 Å². The fourth-order valence-corrected chi connectivity index (χ4v) is 3.61. The number of hydrogen-bond acceptors (Lipinski definition) is 4. The molecule has 0 spiro atoms. The van der Waals surface area contributed by atoms with Crippen LogP contribution in [0.5, 0.6) is 5.75 Å². The zero-order chi connectivity index (χ0) is 18.5. The van der Waals surface area contributed by atoms with Gasteiger partial charge in [0, 0.05) is 24.5 Å². The average molecular weight is 377 g/mol. The fraction of sp³-hybridized carbons (Fsp3) is 0.143. The van der Waals surface area contributed by atoms with Gasteiger partial charge in [-0.15, -0.1) is 11.3 Å². The molecule has 1 amide bonds. The van der Waals surface area contributed by atoms with Gasteiger partial charge in [0.25, 0.3) is 5.91 Å². The molecule has 2 heterocycles. The molecule has 0 radical (unpaired) electrons. The summed E-state index contributed by atoms with van der Waals surface area (Å²) in [6.07, 6.45) is 3.60. The van der Waals surface area contributed by atoms with Crippen LogP contribution in [0.3, 0.4) is 0 Å². The van der Waals surface area contributed by atoms with Gasteiger partial charge in [-0.3, -0.25) is 9.48 Å². The molecule has 2 aromatic carbocycles. The Morgan fingerprint density at radius 1 is 1.11 bits per heavy atom. The Kier molecular flexibility index (Phi) is 5.16. The van der Waals surface area contributed by atoms with Gasteiger partial charge >= 0.3 is 0 Å². The van der Waals surface area contributed by atoms with Crippen LogP contribution in [0.25, 0.3) is 10.8 Å². The number of thiophene rings is 1. The number of benzene rings is 2. The van der Waals surface area contributed by atoms with Crippen molar-refractivity contribution < 1.29 is 9.53 Å². The van der Waals surface area contributed by atoms with Crippen LogP contribution >= 0.6 is 11.3 Å². The molecule has 4 rings (SSSR count). The van der Waals surface area contributed by atoms with Gasteiger partial charge in [-0.1, -0.05) is 30.3 Å². The molecule has 0 fully saturated rings. The van der Waals surface area contributed by atoms with Crippen molar-refractivity contribution in [3.05, 3.63) is 82.8 Å². The van der Waals surface area contributed by atoms with E-state index in [4.69, 9.17) is 4.74 Å². The molecular formula is C21H19N3O2S. The number of nitrogens with one attached hydrogen (secondary N) is 1. The van der Waals surface area contributed by atoms with Gasteiger partial charge in [-0.25, -0.2) is 0 Å². The summed E-state index contributed by atoms with van der Waals surface area (Å²) in [7, 11) is 0. The van der Waals surface area contributed by atoms with Gasteiger partial charge in [0.1, 0.15) is 12.4 Å². The molecular weight excluding hydrogens is 358 g/mol. The van der Waals surface area contributed by atoms with E-state index in [0.717, 1.165) is 16.7 Å². The van der Waals surface area contributed by atoms with E-state index in [1.165, 1.54) is 16.7 Å². The number of carbonyl (C=O) groups is 1. The fourth-order valence-electron chi connectivity index (χ4n) is 2.80. The number of hydrogen-bond donors (Lipinski definition) is 1. The Bertz CT molecular complexity index is 1040. The van der Waals surface area contributed by atoms with Gasteiger partial charge in [0.05, 0.1) is 11.4 Å². The van der Waals surface area contributed by atoms with Crippen LogP contribution in [-0.2, 0) is 13.2 Å². The van der Waals surface area contributed by atoms with E-state index >= 15 is 0 Å². The largest absolute Gasteiger partial charge is 0.489 e. The summed E-state index contributed by atoms with van der Waals surface area (Å²) in [5.41, 5.74) is 0.991. The second-order valence-electron chi connectivity index (χ2n) is 6.14. The highest BCUT2D eigenvalue weighted by Gasteiger charge is 2.09. The molecule has 0 bridgehead atoms. The van der Waals surface area contributed by atoms with Crippen LogP contribution in [0.4, 0.5) is 0 Å². The minimum absolute atomic E-state index is 0.0656. The van der Waals surface area contributed by atoms with Crippen molar-refractivity contribution in [3.8, 4) is 5.75 Å². The van der Waals surface area contributed by atoms with Crippen LogP contribution in [-0.4, -0.2) is 22.2 Å². The lowest BCUT2D eigenvalue weighted by Crippen LogP contribution is -2.26. The number of rotatable bonds is 7. The molecule has 0 saturated carbocycles. The Morgan fingerprint density at radius 2 is 2.00 bits per heavy atom. The first-order chi connectivity index (χ1) is 13.3. The van der Waals surface area contributed by atoms with Gasteiger partial charge in [0.15, 0.2) is 0 Å². The predicted octanol–water partition coefficient (Wildman–Crippen LogP) is 4.11. The molecule has 1 N–H and O–H groups in total. The number of fused-ring (bicyclic) bond motifs is 1. The molecule has 136 valence electrons. The van der Waals surface area contributed by atoms with Crippen LogP contribution in [0.15, 0.2) is 72.4 Å². The van der Waals surface area contributed by atoms with E-state index in [9.17, 15) is 4.79 Å². The smallest absolute Gasteiger partial charge is 0.261 e. The number of nitrogens with zero attached hydrogens (tertiary/aromatic N) is 2. The third kappa shape index (κ3) is 4.35. The summed E-state index contributed by atoms with van der Waals surface area (Å²) in [6, 6.07) is 18.0. The summed E-state index contributed by atoms with van der Waals surface area (Å²) in [4.78, 5) is 12.9. The quantitative estimate of drug-likeness (QED) is 0.527. The minimum atomic E-state index is -0.0656. The molecule has 0 aliphatic carbocycles. The summed E-state index contributed by atoms with van der Waals surface area (Å²) in [5, 5.41) is 11.3. The number of ether oxygens (including phenoxy) is 1. The third-order valence-electron chi connectivity index (χ3n) is 4.19. The lowest BCUT2D eigenvalue weighted by atomic mass is 10.1. The van der Waals surface area contributed by atoms with Crippen molar-refractivity contribution >= 4 is 28.0 Å². The maximum atomic E-state index is 12.2. The van der Waals surface area contributed by atoms with Gasteiger partial charge in [-0.2, -0.15) is 5.10 Å². The van der Waals surface area contributed by atoms with Gasteiger partial charge in [0.2, 0.25) is 0 Å². The van der Waals surface area contributed by atoms with Crippen molar-refractivity contribution in [1.29, 1.82) is 0 Å². The van der Waals surface area contributed by atoms with Crippen molar-refractivity contribution in [1.82, 2.24) is 15.1 Å². The lowest BCUT2D eigenvalue weighted by Gasteiger charge is -2.06. The van der Waals surface area contributed by atoms with E-state index in [0.29, 0.717) is 24.6 Å². The van der Waals surface area contributed by atoms with Gasteiger partial charge < -0.3 is 10.1 Å². The predicted molar refractivity (Wildman–Crippen MR) is 107 cm³/mol. The Labute approximate surface area is 161 Å². The zero-order valence-electron chi connectivity index (χ0n) is 14.7. The van der Waals surface area contributed by atoms with E-state index < -0.39 is 0 Å². The highest BCUT2D eigenvalue weighted by atomic mass is 32.1. The van der Waals surface area contributed by atoms with Crippen molar-refractivity contribution in [3.63, 3.8) is 0 Å². The van der Waals surface area contributed by atoms with E-state index in [1.807, 2.05) is 48.0 Å². The highest BCUT2D eigenvalue weighted by Crippen LogP contribution is 2.22. The minimum Gasteiger partial charge on any atom is -0.489 e. The molecule has 0 atom stereocenters. The number of carbonyl (C=O) groups excluding carboxylic acids is 1. The van der Waals surface area contributed by atoms with Crippen molar-refractivity contribution in [2.45, 2.75) is 13.2 Å². The van der Waals surface area contributed by atoms with Gasteiger partial charge in [-0.05, 0) is 40.4 Å². The van der Waals surface area contributed by atoms with E-state index in [1.54, 1.807) is 10.9 Å². The maximum Gasteiger partial charge on any atom is 0.261 e. The first-order valence-corrected chi connectivity index (χ1v) is 9.60. The second kappa shape index (κ2) is 8.05. The van der Waals surface area contributed by atoms with E-state index in [-0.39, 0.29) is 5.91 Å². The lowest BCUT2D eigenvalue weighted by molar-refractivity contribution is 0.0956. The third-order valence-corrected chi connectivity index (χ3v) is 5.17. The SMILES string of the molecule is O=C(NCCn1cccn1)c1cc(COc2ccc3ccccc3c2)cs1. The number of aromatic nitrogens is 2. The molecule has 6 heteroatoms. The zero-order valence-corrected chi connectivity index (χ0v) is 15.5. The summed E-state index contributed by atoms with van der Waals surface area (Å²) in [5.74, 6) is 0.759. The molecule has 27 heavy (non-hydrogen) atoms. The standard InChI is InChI=1S/C21H19N3O2S/c25-21(22-9-11-24-10-3-8-23-24)20-12-16(15-27-20)14-26-19-7-6-17-4-1-2-5-18(17)13-19/h1-8,10,12-13,15H,9,11,14H2,(H,22,25). The number of amides is 1. The molecule has 5 nitrogen and oxygen atoms in total. The monoisotopic (exact) mass is 377 g/mol. The Morgan fingerprint density at radius 3 is 2.85 bits per heavy atom. The second-order valence-corrected chi connectivity index (χ2v) is 7.05. The molecule has 0 saturated heterocycles. The molecule has 4 aromatic rings. The summed E-state index contributed by atoms with van der Waals surface area (Å²) >= 11 is 1.43. The maximum absolute atomic E-state index is 12.2. The Hall–Kier alpha value is -3.12. The normalized spacial score (nSPS) is 10.8.